The highest BCUT2D eigenvalue weighted by Crippen LogP contribution is 2.23. The van der Waals surface area contributed by atoms with Gasteiger partial charge in [-0.3, -0.25) is 10.1 Å². The molecule has 1 aromatic heterocycles. The van der Waals surface area contributed by atoms with E-state index in [-0.39, 0.29) is 17.6 Å². The third-order valence-electron chi connectivity index (χ3n) is 4.57. The zero-order valence-electron chi connectivity index (χ0n) is 17.1. The lowest BCUT2D eigenvalue weighted by Gasteiger charge is -2.27. The number of hydrogen-bond acceptors (Lipinski definition) is 10. The van der Waals surface area contributed by atoms with Crippen LogP contribution in [-0.2, 0) is 4.74 Å². The van der Waals surface area contributed by atoms with E-state index in [2.05, 4.69) is 30.8 Å². The number of morpholine rings is 1. The predicted molar refractivity (Wildman–Crippen MR) is 127 cm³/mol. The quantitative estimate of drug-likeness (QED) is 0.286. The molecule has 4 rings (SSSR count). The molecule has 0 saturated carbocycles. The number of benzene rings is 2. The van der Waals surface area contributed by atoms with Gasteiger partial charge in [0.15, 0.2) is 0 Å². The maximum atomic E-state index is 10.9. The topological polar surface area (TPSA) is 131 Å². The molecule has 3 aromatic rings. The van der Waals surface area contributed by atoms with Crippen LogP contribution in [0.15, 0.2) is 47.6 Å². The van der Waals surface area contributed by atoms with E-state index in [0.29, 0.717) is 48.0 Å². The number of rotatable bonds is 7. The predicted octanol–water partition coefficient (Wildman–Crippen LogP) is 4.11. The maximum absolute atomic E-state index is 10.9. The number of nitro groups is 1. The smallest absolute Gasteiger partial charge is 0.269 e. The summed E-state index contributed by atoms with van der Waals surface area (Å²) in [7, 11) is 0. The third kappa shape index (κ3) is 6.04. The Morgan fingerprint density at radius 1 is 1.03 bits per heavy atom. The summed E-state index contributed by atoms with van der Waals surface area (Å²) in [5, 5.41) is 19.0. The molecule has 1 saturated heterocycles. The number of nitrogens with zero attached hydrogens (tertiary/aromatic N) is 6. The van der Waals surface area contributed by atoms with Gasteiger partial charge in [-0.05, 0) is 29.8 Å². The Hall–Kier alpha value is -3.54. The molecule has 0 unspecified atom stereocenters. The summed E-state index contributed by atoms with van der Waals surface area (Å²) >= 11 is 12.0. The van der Waals surface area contributed by atoms with Crippen molar-refractivity contribution in [3.63, 3.8) is 0 Å². The first-order valence-electron chi connectivity index (χ1n) is 9.82. The van der Waals surface area contributed by atoms with Crippen LogP contribution in [0.4, 0.5) is 29.2 Å². The number of nitro benzene ring substituents is 1. The first-order chi connectivity index (χ1) is 16.0. The molecule has 0 spiro atoms. The van der Waals surface area contributed by atoms with Gasteiger partial charge in [-0.1, -0.05) is 29.3 Å². The first-order valence-corrected chi connectivity index (χ1v) is 10.6. The van der Waals surface area contributed by atoms with Gasteiger partial charge in [0.05, 0.1) is 34.4 Å². The van der Waals surface area contributed by atoms with E-state index in [1.807, 2.05) is 4.90 Å². The van der Waals surface area contributed by atoms with Crippen LogP contribution in [0.5, 0.6) is 0 Å². The van der Waals surface area contributed by atoms with Gasteiger partial charge in [0, 0.05) is 30.9 Å². The number of hydrazone groups is 1. The van der Waals surface area contributed by atoms with Crippen molar-refractivity contribution in [1.29, 1.82) is 0 Å². The van der Waals surface area contributed by atoms with Crippen molar-refractivity contribution in [2.24, 2.45) is 5.10 Å². The molecule has 0 radical (unpaired) electrons. The van der Waals surface area contributed by atoms with Crippen LogP contribution in [0.2, 0.25) is 10.0 Å². The highest BCUT2D eigenvalue weighted by Gasteiger charge is 2.17. The van der Waals surface area contributed by atoms with Gasteiger partial charge in [-0.2, -0.15) is 20.1 Å². The average molecular weight is 489 g/mol. The molecule has 0 aliphatic carbocycles. The number of non-ortho nitro benzene ring substituents is 1. The minimum Gasteiger partial charge on any atom is -0.378 e. The fourth-order valence-electron chi connectivity index (χ4n) is 2.93. The molecule has 1 fully saturated rings. The van der Waals surface area contributed by atoms with Gasteiger partial charge >= 0.3 is 0 Å². The molecule has 2 aromatic carbocycles. The van der Waals surface area contributed by atoms with Crippen LogP contribution >= 0.6 is 23.2 Å². The number of anilines is 4. The zero-order chi connectivity index (χ0) is 23.2. The Balaban J connectivity index is 1.56. The molecule has 1 aliphatic heterocycles. The molecule has 0 amide bonds. The molecule has 33 heavy (non-hydrogen) atoms. The second-order valence-electron chi connectivity index (χ2n) is 6.85. The number of halogens is 2. The summed E-state index contributed by atoms with van der Waals surface area (Å²) in [4.78, 5) is 25.7. The Bertz CT molecular complexity index is 1170. The van der Waals surface area contributed by atoms with Crippen molar-refractivity contribution in [1.82, 2.24) is 15.0 Å². The van der Waals surface area contributed by atoms with Crippen LogP contribution in [0.3, 0.4) is 0 Å². The normalized spacial score (nSPS) is 13.8. The largest absolute Gasteiger partial charge is 0.378 e. The van der Waals surface area contributed by atoms with Crippen molar-refractivity contribution < 1.29 is 9.66 Å². The molecule has 1 aliphatic rings. The van der Waals surface area contributed by atoms with Gasteiger partial charge in [0.2, 0.25) is 17.8 Å². The van der Waals surface area contributed by atoms with Crippen LogP contribution in [-0.4, -0.2) is 52.4 Å². The van der Waals surface area contributed by atoms with E-state index >= 15 is 0 Å². The van der Waals surface area contributed by atoms with Gasteiger partial charge in [0.25, 0.3) is 5.69 Å². The van der Waals surface area contributed by atoms with Crippen molar-refractivity contribution in [2.45, 2.75) is 0 Å². The highest BCUT2D eigenvalue weighted by atomic mass is 35.5. The van der Waals surface area contributed by atoms with Crippen molar-refractivity contribution in [3.8, 4) is 0 Å². The summed E-state index contributed by atoms with van der Waals surface area (Å²) in [6.07, 6.45) is 1.56. The van der Waals surface area contributed by atoms with Crippen molar-refractivity contribution in [2.75, 3.05) is 41.9 Å². The summed E-state index contributed by atoms with van der Waals surface area (Å²) in [5.74, 6) is 0.921. The Morgan fingerprint density at radius 2 is 1.76 bits per heavy atom. The molecule has 2 N–H and O–H groups in total. The van der Waals surface area contributed by atoms with E-state index in [9.17, 15) is 10.1 Å². The Kier molecular flexibility index (Phi) is 7.13. The van der Waals surface area contributed by atoms with Gasteiger partial charge < -0.3 is 15.0 Å². The van der Waals surface area contributed by atoms with Gasteiger partial charge in [0.1, 0.15) is 0 Å². The molecular formula is C20H18Cl2N8O3. The average Bonchev–Trinajstić information content (AvgIpc) is 2.82. The number of aromatic nitrogens is 3. The third-order valence-corrected chi connectivity index (χ3v) is 5.31. The number of nitrogens with one attached hydrogen (secondary N) is 2. The molecule has 0 bridgehead atoms. The van der Waals surface area contributed by atoms with Crippen LogP contribution in [0.25, 0.3) is 0 Å². The molecule has 0 atom stereocenters. The SMILES string of the molecule is O=[N+]([O-])c1ccc(Nc2nc(N/N=C/c3ccc(Cl)c(Cl)c3)nc(N3CCOCC3)n2)cc1. The lowest BCUT2D eigenvalue weighted by Crippen LogP contribution is -2.37. The molecule has 11 nitrogen and oxygen atoms in total. The van der Waals surface area contributed by atoms with Gasteiger partial charge in [-0.15, -0.1) is 0 Å². The second-order valence-corrected chi connectivity index (χ2v) is 7.67. The van der Waals surface area contributed by atoms with E-state index < -0.39 is 4.92 Å². The van der Waals surface area contributed by atoms with Crippen molar-refractivity contribution >= 4 is 58.6 Å². The van der Waals surface area contributed by atoms with Gasteiger partial charge in [-0.25, -0.2) is 5.43 Å². The minimum absolute atomic E-state index is 0.0100. The summed E-state index contributed by atoms with van der Waals surface area (Å²) in [6.45, 7) is 2.39. The minimum atomic E-state index is -0.461. The van der Waals surface area contributed by atoms with Crippen LogP contribution in [0.1, 0.15) is 5.56 Å². The zero-order valence-corrected chi connectivity index (χ0v) is 18.6. The molecule has 170 valence electrons. The summed E-state index contributed by atoms with van der Waals surface area (Å²) in [5.41, 5.74) is 4.12. The molecule has 2 heterocycles. The summed E-state index contributed by atoms with van der Waals surface area (Å²) < 4.78 is 5.40. The maximum Gasteiger partial charge on any atom is 0.269 e. The number of ether oxygens (including phenoxy) is 1. The van der Waals surface area contributed by atoms with Crippen molar-refractivity contribution in [3.05, 3.63) is 68.2 Å². The van der Waals surface area contributed by atoms with E-state index in [1.54, 1.807) is 36.5 Å². The fourth-order valence-corrected chi connectivity index (χ4v) is 3.23. The Morgan fingerprint density at radius 3 is 2.45 bits per heavy atom. The second kappa shape index (κ2) is 10.4. The highest BCUT2D eigenvalue weighted by molar-refractivity contribution is 6.42. The summed E-state index contributed by atoms with van der Waals surface area (Å²) in [6, 6.07) is 11.1. The Labute approximate surface area is 198 Å². The fraction of sp³-hybridized carbons (Fsp3) is 0.200. The number of hydrogen-bond donors (Lipinski definition) is 2. The monoisotopic (exact) mass is 488 g/mol. The van der Waals surface area contributed by atoms with Crippen LogP contribution < -0.4 is 15.6 Å². The van der Waals surface area contributed by atoms with E-state index in [1.165, 1.54) is 12.1 Å². The molecular weight excluding hydrogens is 471 g/mol. The van der Waals surface area contributed by atoms with E-state index in [4.69, 9.17) is 27.9 Å². The van der Waals surface area contributed by atoms with E-state index in [0.717, 1.165) is 5.56 Å². The lowest BCUT2D eigenvalue weighted by molar-refractivity contribution is -0.384. The van der Waals surface area contributed by atoms with Crippen LogP contribution in [0, 0.1) is 10.1 Å². The molecule has 13 heteroatoms. The standard InChI is InChI=1S/C20H18Cl2N8O3/c21-16-6-1-13(11-17(16)22)12-23-28-19-25-18(24-14-2-4-15(5-3-14)30(31)32)26-20(27-19)29-7-9-33-10-8-29/h1-6,11-12H,7-10H2,(H2,24,25,26,27,28)/b23-12+. The first kappa shape index (κ1) is 22.6. The lowest BCUT2D eigenvalue weighted by atomic mass is 10.2.